The molecule has 2 aromatic rings. The molecule has 0 saturated heterocycles. The van der Waals surface area contributed by atoms with Gasteiger partial charge in [-0.2, -0.15) is 0 Å². The minimum absolute atomic E-state index is 0.0206. The molecule has 0 fully saturated rings. The zero-order chi connectivity index (χ0) is 11.0. The van der Waals surface area contributed by atoms with E-state index < -0.39 is 0 Å². The van der Waals surface area contributed by atoms with Crippen LogP contribution in [0.3, 0.4) is 0 Å². The SMILES string of the molecule is COc1cc(O)c2ccc(Cl)cc2c1O. The van der Waals surface area contributed by atoms with Crippen molar-refractivity contribution in [2.45, 2.75) is 0 Å². The Labute approximate surface area is 91.5 Å². The second kappa shape index (κ2) is 3.51. The molecule has 0 unspecified atom stereocenters. The summed E-state index contributed by atoms with van der Waals surface area (Å²) in [6.07, 6.45) is 0. The highest BCUT2D eigenvalue weighted by Crippen LogP contribution is 2.40. The summed E-state index contributed by atoms with van der Waals surface area (Å²) in [5.41, 5.74) is 0. The summed E-state index contributed by atoms with van der Waals surface area (Å²) in [4.78, 5) is 0. The Hall–Kier alpha value is -1.61. The number of phenols is 2. The number of methoxy groups -OCH3 is 1. The van der Waals surface area contributed by atoms with Crippen LogP contribution in [0.5, 0.6) is 17.2 Å². The number of ether oxygens (including phenoxy) is 1. The van der Waals surface area contributed by atoms with E-state index >= 15 is 0 Å². The van der Waals surface area contributed by atoms with E-state index in [2.05, 4.69) is 0 Å². The Kier molecular flexibility index (Phi) is 2.32. The van der Waals surface area contributed by atoms with Crippen LogP contribution in [0.25, 0.3) is 10.8 Å². The first-order valence-corrected chi connectivity index (χ1v) is 4.69. The number of benzene rings is 2. The molecule has 0 heterocycles. The van der Waals surface area contributed by atoms with Crippen LogP contribution in [0.2, 0.25) is 5.02 Å². The number of hydrogen-bond donors (Lipinski definition) is 2. The fourth-order valence-electron chi connectivity index (χ4n) is 1.49. The quantitative estimate of drug-likeness (QED) is 0.733. The zero-order valence-electron chi connectivity index (χ0n) is 7.99. The normalized spacial score (nSPS) is 10.5. The van der Waals surface area contributed by atoms with Gasteiger partial charge in [-0.15, -0.1) is 0 Å². The van der Waals surface area contributed by atoms with Gasteiger partial charge >= 0.3 is 0 Å². The van der Waals surface area contributed by atoms with Gasteiger partial charge in [0, 0.05) is 21.9 Å². The van der Waals surface area contributed by atoms with Crippen LogP contribution in [0.1, 0.15) is 0 Å². The van der Waals surface area contributed by atoms with Gasteiger partial charge in [0.1, 0.15) is 5.75 Å². The van der Waals surface area contributed by atoms with E-state index in [4.69, 9.17) is 16.3 Å². The molecule has 0 atom stereocenters. The molecule has 3 nitrogen and oxygen atoms in total. The molecular formula is C11H9ClO3. The first-order valence-electron chi connectivity index (χ1n) is 4.31. The van der Waals surface area contributed by atoms with Gasteiger partial charge in [0.15, 0.2) is 11.5 Å². The van der Waals surface area contributed by atoms with Crippen LogP contribution in [0.15, 0.2) is 24.3 Å². The first kappa shape index (κ1) is 9.93. The fraction of sp³-hybridized carbons (Fsp3) is 0.0909. The van der Waals surface area contributed by atoms with Crippen LogP contribution >= 0.6 is 11.6 Å². The monoisotopic (exact) mass is 224 g/mol. The van der Waals surface area contributed by atoms with Gasteiger partial charge in [0.05, 0.1) is 7.11 Å². The van der Waals surface area contributed by atoms with E-state index in [-0.39, 0.29) is 17.2 Å². The van der Waals surface area contributed by atoms with Crippen LogP contribution < -0.4 is 4.74 Å². The van der Waals surface area contributed by atoms with Crippen molar-refractivity contribution in [2.75, 3.05) is 7.11 Å². The summed E-state index contributed by atoms with van der Waals surface area (Å²) >= 11 is 5.80. The predicted octanol–water partition coefficient (Wildman–Crippen LogP) is 2.91. The van der Waals surface area contributed by atoms with Crippen LogP contribution in [-0.4, -0.2) is 17.3 Å². The van der Waals surface area contributed by atoms with Gasteiger partial charge in [0.25, 0.3) is 0 Å². The number of halogens is 1. The highest BCUT2D eigenvalue weighted by Gasteiger charge is 2.11. The molecule has 2 rings (SSSR count). The second-order valence-corrected chi connectivity index (χ2v) is 3.57. The van der Waals surface area contributed by atoms with Gasteiger partial charge in [-0.1, -0.05) is 11.6 Å². The van der Waals surface area contributed by atoms with Crippen molar-refractivity contribution in [1.82, 2.24) is 0 Å². The number of fused-ring (bicyclic) bond motifs is 1. The zero-order valence-corrected chi connectivity index (χ0v) is 8.75. The molecule has 2 N–H and O–H groups in total. The predicted molar refractivity (Wildman–Crippen MR) is 58.8 cm³/mol. The van der Waals surface area contributed by atoms with E-state index in [1.54, 1.807) is 18.2 Å². The summed E-state index contributed by atoms with van der Waals surface area (Å²) in [6.45, 7) is 0. The Morgan fingerprint density at radius 1 is 1.13 bits per heavy atom. The number of phenolic OH excluding ortho intramolecular Hbond substituents is 2. The molecule has 0 aliphatic heterocycles. The van der Waals surface area contributed by atoms with Crippen molar-refractivity contribution in [2.24, 2.45) is 0 Å². The maximum atomic E-state index is 9.80. The number of hydrogen-bond acceptors (Lipinski definition) is 3. The summed E-state index contributed by atoms with van der Waals surface area (Å²) < 4.78 is 4.92. The molecule has 0 aromatic heterocycles. The Morgan fingerprint density at radius 3 is 2.53 bits per heavy atom. The van der Waals surface area contributed by atoms with E-state index in [0.717, 1.165) is 0 Å². The molecule has 0 spiro atoms. The van der Waals surface area contributed by atoms with Gasteiger partial charge in [0.2, 0.25) is 0 Å². The Balaban J connectivity index is 2.88. The Bertz CT molecular complexity index is 523. The topological polar surface area (TPSA) is 49.7 Å². The van der Waals surface area contributed by atoms with Gasteiger partial charge in [-0.05, 0) is 18.2 Å². The molecular weight excluding hydrogens is 216 g/mol. The van der Waals surface area contributed by atoms with Crippen molar-refractivity contribution in [3.63, 3.8) is 0 Å². The molecule has 4 heteroatoms. The summed E-state index contributed by atoms with van der Waals surface area (Å²) in [5.74, 6) is 0.256. The highest BCUT2D eigenvalue weighted by atomic mass is 35.5. The largest absolute Gasteiger partial charge is 0.507 e. The summed E-state index contributed by atoms with van der Waals surface area (Å²) in [7, 11) is 1.42. The van der Waals surface area contributed by atoms with Crippen molar-refractivity contribution >= 4 is 22.4 Å². The van der Waals surface area contributed by atoms with Crippen molar-refractivity contribution < 1.29 is 14.9 Å². The molecule has 0 radical (unpaired) electrons. The standard InChI is InChI=1S/C11H9ClO3/c1-15-10-5-9(13)7-3-2-6(12)4-8(7)11(10)14/h2-5,13-14H,1H3. The lowest BCUT2D eigenvalue weighted by molar-refractivity contribution is 0.372. The third-order valence-corrected chi connectivity index (χ3v) is 2.47. The third-order valence-electron chi connectivity index (χ3n) is 2.23. The van der Waals surface area contributed by atoms with Crippen LogP contribution in [0.4, 0.5) is 0 Å². The smallest absolute Gasteiger partial charge is 0.165 e. The molecule has 2 aromatic carbocycles. The number of rotatable bonds is 1. The molecule has 0 amide bonds. The Morgan fingerprint density at radius 2 is 1.87 bits per heavy atom. The van der Waals surface area contributed by atoms with Gasteiger partial charge in [-0.3, -0.25) is 0 Å². The van der Waals surface area contributed by atoms with Crippen molar-refractivity contribution in [3.05, 3.63) is 29.3 Å². The average Bonchev–Trinajstić information content (AvgIpc) is 2.23. The summed E-state index contributed by atoms with van der Waals surface area (Å²) in [6, 6.07) is 6.24. The highest BCUT2D eigenvalue weighted by molar-refractivity contribution is 6.31. The summed E-state index contributed by atoms with van der Waals surface area (Å²) in [5, 5.41) is 21.0. The fourth-order valence-corrected chi connectivity index (χ4v) is 1.67. The second-order valence-electron chi connectivity index (χ2n) is 3.14. The maximum Gasteiger partial charge on any atom is 0.165 e. The minimum Gasteiger partial charge on any atom is -0.507 e. The molecule has 78 valence electrons. The lowest BCUT2D eigenvalue weighted by Gasteiger charge is -2.08. The van der Waals surface area contributed by atoms with Crippen molar-refractivity contribution in [1.29, 1.82) is 0 Å². The van der Waals surface area contributed by atoms with E-state index in [1.165, 1.54) is 13.2 Å². The lowest BCUT2D eigenvalue weighted by Crippen LogP contribution is -1.85. The van der Waals surface area contributed by atoms with Crippen LogP contribution in [-0.2, 0) is 0 Å². The third kappa shape index (κ3) is 1.55. The molecule has 0 aliphatic carbocycles. The van der Waals surface area contributed by atoms with E-state index in [9.17, 15) is 10.2 Å². The molecule has 0 aliphatic rings. The minimum atomic E-state index is -0.0206. The molecule has 15 heavy (non-hydrogen) atoms. The van der Waals surface area contributed by atoms with Crippen LogP contribution in [0, 0.1) is 0 Å². The maximum absolute atomic E-state index is 9.80. The van der Waals surface area contributed by atoms with Crippen molar-refractivity contribution in [3.8, 4) is 17.2 Å². The van der Waals surface area contributed by atoms with E-state index in [0.29, 0.717) is 15.8 Å². The number of aromatic hydroxyl groups is 2. The van der Waals surface area contributed by atoms with Gasteiger partial charge in [-0.25, -0.2) is 0 Å². The molecule has 0 saturated carbocycles. The average molecular weight is 225 g/mol. The lowest BCUT2D eigenvalue weighted by atomic mass is 10.1. The first-order chi connectivity index (χ1) is 7.13. The van der Waals surface area contributed by atoms with E-state index in [1.807, 2.05) is 0 Å². The van der Waals surface area contributed by atoms with Gasteiger partial charge < -0.3 is 14.9 Å². The molecule has 0 bridgehead atoms.